The number of morpholine rings is 1. The van der Waals surface area contributed by atoms with Crippen LogP contribution in [-0.2, 0) is 19.1 Å². The Morgan fingerprint density at radius 3 is 2.09 bits per heavy atom. The zero-order chi connectivity index (χ0) is 32.3. The van der Waals surface area contributed by atoms with Crippen LogP contribution in [0.15, 0.2) is 30.3 Å². The maximum Gasteiger partial charge on any atom is 0.242 e. The van der Waals surface area contributed by atoms with Gasteiger partial charge in [0.2, 0.25) is 17.7 Å². The molecule has 2 N–H and O–H groups in total. The summed E-state index contributed by atoms with van der Waals surface area (Å²) in [4.78, 5) is 46.3. The normalized spacial score (nSPS) is 20.4. The van der Waals surface area contributed by atoms with E-state index in [1.165, 1.54) is 6.42 Å². The minimum Gasteiger partial charge on any atom is -0.390 e. The van der Waals surface area contributed by atoms with Crippen LogP contribution in [0.4, 0.5) is 0 Å². The summed E-state index contributed by atoms with van der Waals surface area (Å²) < 4.78 is 5.41. The van der Waals surface area contributed by atoms with E-state index in [4.69, 9.17) is 4.74 Å². The zero-order valence-corrected chi connectivity index (χ0v) is 27.8. The van der Waals surface area contributed by atoms with Crippen LogP contribution in [-0.4, -0.2) is 100 Å². The van der Waals surface area contributed by atoms with Crippen LogP contribution in [0.1, 0.15) is 103 Å². The monoisotopic (exact) mass is 627 g/mol. The first-order chi connectivity index (χ1) is 21.6. The van der Waals surface area contributed by atoms with Gasteiger partial charge in [0.1, 0.15) is 12.6 Å². The van der Waals surface area contributed by atoms with Gasteiger partial charge in [0.15, 0.2) is 0 Å². The molecular weight excluding hydrogens is 570 g/mol. The molecule has 0 radical (unpaired) electrons. The molecule has 1 saturated heterocycles. The van der Waals surface area contributed by atoms with Crippen LogP contribution in [0.5, 0.6) is 0 Å². The number of aliphatic hydroxyl groups is 2. The second kappa shape index (κ2) is 17.4. The number of ether oxygens (including phenoxy) is 1. The lowest BCUT2D eigenvalue weighted by molar-refractivity contribution is -0.146. The van der Waals surface area contributed by atoms with Crippen LogP contribution in [0.3, 0.4) is 0 Å². The highest BCUT2D eigenvalue weighted by Crippen LogP contribution is 2.35. The molecule has 0 bridgehead atoms. The highest BCUT2D eigenvalue weighted by molar-refractivity contribution is 5.88. The lowest BCUT2D eigenvalue weighted by Crippen LogP contribution is -2.53. The van der Waals surface area contributed by atoms with Gasteiger partial charge in [0.05, 0.1) is 31.4 Å². The Bertz CT molecular complexity index is 1070. The third kappa shape index (κ3) is 10.8. The molecule has 3 aliphatic rings. The Kier molecular flexibility index (Phi) is 13.7. The highest BCUT2D eigenvalue weighted by atomic mass is 16.5. The van der Waals surface area contributed by atoms with Gasteiger partial charge in [0, 0.05) is 32.5 Å². The van der Waals surface area contributed by atoms with Crippen molar-refractivity contribution < 1.29 is 29.3 Å². The smallest absolute Gasteiger partial charge is 0.242 e. The number of carbonyl (C=O) groups is 3. The van der Waals surface area contributed by atoms with Crippen LogP contribution in [0, 0.1) is 17.8 Å². The maximum atomic E-state index is 14.0. The third-order valence-electron chi connectivity index (χ3n) is 9.97. The van der Waals surface area contributed by atoms with E-state index in [2.05, 4.69) is 0 Å². The van der Waals surface area contributed by atoms with E-state index in [0.29, 0.717) is 57.5 Å². The van der Waals surface area contributed by atoms with Crippen molar-refractivity contribution in [2.45, 2.75) is 116 Å². The molecule has 0 aromatic heterocycles. The van der Waals surface area contributed by atoms with E-state index in [1.54, 1.807) is 9.80 Å². The van der Waals surface area contributed by atoms with E-state index in [1.807, 2.05) is 56.0 Å². The van der Waals surface area contributed by atoms with Crippen LogP contribution in [0.25, 0.3) is 0 Å². The predicted octanol–water partition coefficient (Wildman–Crippen LogP) is 4.56. The average molecular weight is 628 g/mol. The van der Waals surface area contributed by atoms with Gasteiger partial charge in [-0.25, -0.2) is 0 Å². The SMILES string of the molecule is CC(C)C[C@H](O)[C@H](O)[C@H](CC1CCCCC1)N(CC1CC1)C(=O)CCC(=O)N(CC(=O)N1CCOCC1)[C@@H](C)c1ccccc1. The number of nitrogens with zero attached hydrogens (tertiary/aromatic N) is 3. The second-order valence-electron chi connectivity index (χ2n) is 14.1. The molecule has 3 fully saturated rings. The molecule has 45 heavy (non-hydrogen) atoms. The molecule has 1 heterocycles. The fourth-order valence-electron chi connectivity index (χ4n) is 7.01. The topological polar surface area (TPSA) is 111 Å². The lowest BCUT2D eigenvalue weighted by atomic mass is 9.81. The van der Waals surface area contributed by atoms with Gasteiger partial charge in [-0.2, -0.15) is 0 Å². The van der Waals surface area contributed by atoms with Crippen molar-refractivity contribution in [3.05, 3.63) is 35.9 Å². The quantitative estimate of drug-likeness (QED) is 0.278. The fraction of sp³-hybridized carbons (Fsp3) is 0.750. The number of amides is 3. The van der Waals surface area contributed by atoms with Crippen molar-refractivity contribution in [3.63, 3.8) is 0 Å². The van der Waals surface area contributed by atoms with Gasteiger partial charge in [-0.05, 0) is 55.9 Å². The molecule has 1 aliphatic heterocycles. The summed E-state index contributed by atoms with van der Waals surface area (Å²) in [5, 5.41) is 22.6. The summed E-state index contributed by atoms with van der Waals surface area (Å²) >= 11 is 0. The van der Waals surface area contributed by atoms with Crippen LogP contribution in [0.2, 0.25) is 0 Å². The first-order valence-corrected chi connectivity index (χ1v) is 17.5. The van der Waals surface area contributed by atoms with E-state index in [-0.39, 0.29) is 49.1 Å². The molecule has 0 unspecified atom stereocenters. The first kappa shape index (κ1) is 35.4. The Morgan fingerprint density at radius 2 is 1.49 bits per heavy atom. The number of rotatable bonds is 16. The Labute approximate surface area is 270 Å². The van der Waals surface area contributed by atoms with E-state index >= 15 is 0 Å². The number of carbonyl (C=O) groups excluding carboxylic acids is 3. The fourth-order valence-corrected chi connectivity index (χ4v) is 7.01. The largest absolute Gasteiger partial charge is 0.390 e. The Morgan fingerprint density at radius 1 is 0.867 bits per heavy atom. The lowest BCUT2D eigenvalue weighted by Gasteiger charge is -2.40. The Hall–Kier alpha value is -2.49. The third-order valence-corrected chi connectivity index (χ3v) is 9.97. The summed E-state index contributed by atoms with van der Waals surface area (Å²) in [6.07, 6.45) is 6.98. The van der Waals surface area contributed by atoms with E-state index in [9.17, 15) is 24.6 Å². The summed E-state index contributed by atoms with van der Waals surface area (Å²) in [5.74, 6) is 0.511. The van der Waals surface area contributed by atoms with Gasteiger partial charge >= 0.3 is 0 Å². The first-order valence-electron chi connectivity index (χ1n) is 17.5. The van der Waals surface area contributed by atoms with Gasteiger partial charge in [-0.1, -0.05) is 76.3 Å². The standard InChI is InChI=1S/C36H57N3O6/c1-26(2)22-32(40)36(44)31(23-28-10-6-4-7-11-28)39(24-29-14-15-29)34(42)17-16-33(41)38(27(3)30-12-8-5-9-13-30)25-35(43)37-18-20-45-21-19-37/h5,8-9,12-13,26-29,31-32,36,40,44H,4,6-7,10-11,14-25H2,1-3H3/t27-,31-,32-,36+/m0/s1. The molecule has 1 aromatic carbocycles. The predicted molar refractivity (Wildman–Crippen MR) is 174 cm³/mol. The summed E-state index contributed by atoms with van der Waals surface area (Å²) in [6.45, 7) is 8.44. The van der Waals surface area contributed by atoms with Gasteiger partial charge < -0.3 is 29.6 Å². The molecule has 252 valence electrons. The molecule has 4 atom stereocenters. The van der Waals surface area contributed by atoms with Crippen molar-refractivity contribution in [2.24, 2.45) is 17.8 Å². The second-order valence-corrected chi connectivity index (χ2v) is 14.1. The molecule has 9 nitrogen and oxygen atoms in total. The molecule has 2 saturated carbocycles. The zero-order valence-electron chi connectivity index (χ0n) is 27.8. The number of benzene rings is 1. The minimum absolute atomic E-state index is 0.00344. The van der Waals surface area contributed by atoms with Gasteiger partial charge in [0.25, 0.3) is 0 Å². The van der Waals surface area contributed by atoms with E-state index in [0.717, 1.165) is 44.1 Å². The number of hydrogen-bond acceptors (Lipinski definition) is 6. The van der Waals surface area contributed by atoms with Crippen molar-refractivity contribution in [1.29, 1.82) is 0 Å². The average Bonchev–Trinajstić information content (AvgIpc) is 3.88. The summed E-state index contributed by atoms with van der Waals surface area (Å²) in [7, 11) is 0. The van der Waals surface area contributed by atoms with Crippen molar-refractivity contribution in [3.8, 4) is 0 Å². The maximum absolute atomic E-state index is 14.0. The van der Waals surface area contributed by atoms with Crippen LogP contribution < -0.4 is 0 Å². The van der Waals surface area contributed by atoms with Gasteiger partial charge in [-0.3, -0.25) is 14.4 Å². The molecule has 0 spiro atoms. The molecule has 1 aromatic rings. The molecule has 4 rings (SSSR count). The number of hydrogen-bond donors (Lipinski definition) is 2. The molecular formula is C36H57N3O6. The van der Waals surface area contributed by atoms with Crippen LogP contribution >= 0.6 is 0 Å². The summed E-state index contributed by atoms with van der Waals surface area (Å²) in [6, 6.07) is 8.84. The molecule has 9 heteroatoms. The Balaban J connectivity index is 1.49. The van der Waals surface area contributed by atoms with Crippen molar-refractivity contribution >= 4 is 17.7 Å². The van der Waals surface area contributed by atoms with Crippen molar-refractivity contribution in [2.75, 3.05) is 39.4 Å². The van der Waals surface area contributed by atoms with Gasteiger partial charge in [-0.15, -0.1) is 0 Å². The minimum atomic E-state index is -1.03. The van der Waals surface area contributed by atoms with Crippen molar-refractivity contribution in [1.82, 2.24) is 14.7 Å². The molecule has 3 amide bonds. The number of aliphatic hydroxyl groups excluding tert-OH is 2. The highest BCUT2D eigenvalue weighted by Gasteiger charge is 2.39. The molecule has 2 aliphatic carbocycles. The summed E-state index contributed by atoms with van der Waals surface area (Å²) in [5.41, 5.74) is 0.928. The van der Waals surface area contributed by atoms with E-state index < -0.39 is 18.2 Å².